The highest BCUT2D eigenvalue weighted by molar-refractivity contribution is 6.38. The number of rotatable bonds is 4. The molecule has 1 aromatic heterocycles. The topological polar surface area (TPSA) is 60.2 Å². The molecule has 0 amide bonds. The lowest BCUT2D eigenvalue weighted by molar-refractivity contribution is 0.0850. The monoisotopic (exact) mass is 377 g/mol. The van der Waals surface area contributed by atoms with Gasteiger partial charge in [-0.15, -0.1) is 12.4 Å². The fourth-order valence-corrected chi connectivity index (χ4v) is 3.42. The molecule has 0 bridgehead atoms. The number of nitrogens with one attached hydrogen (secondary N) is 1. The highest BCUT2D eigenvalue weighted by Gasteiger charge is 2.39. The molecule has 2 heterocycles. The summed E-state index contributed by atoms with van der Waals surface area (Å²) in [5, 5.41) is 8.43. The molecule has 1 aliphatic rings. The molecule has 2 aromatic rings. The van der Waals surface area contributed by atoms with Crippen LogP contribution in [-0.4, -0.2) is 36.9 Å². The number of halogens is 3. The number of aromatic nitrogens is 2. The van der Waals surface area contributed by atoms with Crippen LogP contribution in [0.15, 0.2) is 22.7 Å². The zero-order chi connectivity index (χ0) is 15.6. The molecule has 0 radical (unpaired) electrons. The van der Waals surface area contributed by atoms with Crippen molar-refractivity contribution in [2.75, 3.05) is 26.8 Å². The van der Waals surface area contributed by atoms with Crippen LogP contribution in [0.3, 0.4) is 0 Å². The summed E-state index contributed by atoms with van der Waals surface area (Å²) in [6.07, 6.45) is 1.78. The van der Waals surface area contributed by atoms with Crippen LogP contribution in [0.2, 0.25) is 10.0 Å². The first kappa shape index (κ1) is 18.5. The van der Waals surface area contributed by atoms with Gasteiger partial charge in [-0.1, -0.05) is 34.4 Å². The van der Waals surface area contributed by atoms with Crippen molar-refractivity contribution in [3.63, 3.8) is 0 Å². The number of hydrogen-bond donors (Lipinski definition) is 1. The van der Waals surface area contributed by atoms with Crippen LogP contribution in [0.4, 0.5) is 0 Å². The maximum Gasteiger partial charge on any atom is 0.235 e. The van der Waals surface area contributed by atoms with Crippen molar-refractivity contribution in [1.29, 1.82) is 0 Å². The minimum absolute atomic E-state index is 0. The summed E-state index contributed by atoms with van der Waals surface area (Å²) in [7, 11) is 1.69. The average Bonchev–Trinajstić information content (AvgIpc) is 2.98. The second-order valence-corrected chi connectivity index (χ2v) is 6.30. The van der Waals surface area contributed by atoms with Crippen molar-refractivity contribution in [3.8, 4) is 11.4 Å². The third kappa shape index (κ3) is 3.64. The van der Waals surface area contributed by atoms with Crippen molar-refractivity contribution in [2.24, 2.45) is 0 Å². The summed E-state index contributed by atoms with van der Waals surface area (Å²) in [4.78, 5) is 4.56. The molecule has 1 saturated heterocycles. The Bertz CT molecular complexity index is 631. The predicted molar refractivity (Wildman–Crippen MR) is 92.7 cm³/mol. The third-order valence-electron chi connectivity index (χ3n) is 4.05. The quantitative estimate of drug-likeness (QED) is 0.878. The van der Waals surface area contributed by atoms with E-state index >= 15 is 0 Å². The minimum atomic E-state index is -0.251. The standard InChI is InChI=1S/C15H17Cl2N3O2.ClH/c1-21-9-15(5-7-18-8-6-15)14-19-13(20-22-14)12-10(16)3-2-4-11(12)17;/h2-4,18H,5-9H2,1H3;1H. The van der Waals surface area contributed by atoms with Gasteiger partial charge in [0.25, 0.3) is 0 Å². The van der Waals surface area contributed by atoms with Gasteiger partial charge in [-0.25, -0.2) is 0 Å². The third-order valence-corrected chi connectivity index (χ3v) is 4.68. The van der Waals surface area contributed by atoms with E-state index in [4.69, 9.17) is 32.5 Å². The molecule has 1 aromatic carbocycles. The molecular formula is C15H18Cl3N3O2. The Morgan fingerprint density at radius 1 is 1.26 bits per heavy atom. The van der Waals surface area contributed by atoms with Crippen molar-refractivity contribution in [2.45, 2.75) is 18.3 Å². The Morgan fingerprint density at radius 2 is 1.91 bits per heavy atom. The van der Waals surface area contributed by atoms with Gasteiger partial charge in [0.2, 0.25) is 11.7 Å². The van der Waals surface area contributed by atoms with Gasteiger partial charge in [-0.05, 0) is 38.1 Å². The number of benzene rings is 1. The first-order chi connectivity index (χ1) is 10.7. The number of hydrogen-bond acceptors (Lipinski definition) is 5. The highest BCUT2D eigenvalue weighted by atomic mass is 35.5. The molecule has 5 nitrogen and oxygen atoms in total. The normalized spacial score (nSPS) is 16.8. The van der Waals surface area contributed by atoms with E-state index in [-0.39, 0.29) is 17.8 Å². The number of nitrogens with zero attached hydrogens (tertiary/aromatic N) is 2. The summed E-state index contributed by atoms with van der Waals surface area (Å²) in [6.45, 7) is 2.34. The van der Waals surface area contributed by atoms with E-state index in [1.54, 1.807) is 25.3 Å². The lowest BCUT2D eigenvalue weighted by Gasteiger charge is -2.33. The van der Waals surface area contributed by atoms with Crippen molar-refractivity contribution < 1.29 is 9.26 Å². The Kier molecular flexibility index (Phi) is 6.28. The van der Waals surface area contributed by atoms with Crippen LogP contribution in [-0.2, 0) is 10.2 Å². The molecular weight excluding hydrogens is 361 g/mol. The minimum Gasteiger partial charge on any atom is -0.384 e. The van der Waals surface area contributed by atoms with Gasteiger partial charge in [0.15, 0.2) is 0 Å². The number of methoxy groups -OCH3 is 1. The van der Waals surface area contributed by atoms with E-state index in [1.807, 2.05) is 0 Å². The van der Waals surface area contributed by atoms with Crippen molar-refractivity contribution >= 4 is 35.6 Å². The summed E-state index contributed by atoms with van der Waals surface area (Å²) in [5.74, 6) is 1.00. The largest absolute Gasteiger partial charge is 0.384 e. The van der Waals surface area contributed by atoms with Gasteiger partial charge in [-0.2, -0.15) is 4.98 Å². The molecule has 0 saturated carbocycles. The van der Waals surface area contributed by atoms with E-state index in [0.717, 1.165) is 25.9 Å². The molecule has 1 N–H and O–H groups in total. The molecule has 0 spiro atoms. The van der Waals surface area contributed by atoms with Gasteiger partial charge in [0.05, 0.1) is 27.6 Å². The molecule has 1 fully saturated rings. The van der Waals surface area contributed by atoms with E-state index in [9.17, 15) is 0 Å². The maximum absolute atomic E-state index is 6.21. The van der Waals surface area contributed by atoms with Crippen LogP contribution < -0.4 is 5.32 Å². The Hall–Kier alpha value is -0.850. The SMILES string of the molecule is COCC1(c2nc(-c3c(Cl)cccc3Cl)no2)CCNCC1.Cl. The molecule has 23 heavy (non-hydrogen) atoms. The van der Waals surface area contributed by atoms with Gasteiger partial charge < -0.3 is 14.6 Å². The van der Waals surface area contributed by atoms with Gasteiger partial charge >= 0.3 is 0 Å². The molecule has 0 aliphatic carbocycles. The molecule has 1 aliphatic heterocycles. The fraction of sp³-hybridized carbons (Fsp3) is 0.467. The zero-order valence-corrected chi connectivity index (χ0v) is 15.0. The van der Waals surface area contributed by atoms with Crippen LogP contribution in [0, 0.1) is 0 Å². The van der Waals surface area contributed by atoms with Crippen LogP contribution >= 0.6 is 35.6 Å². The Morgan fingerprint density at radius 3 is 2.52 bits per heavy atom. The Balaban J connectivity index is 0.00000192. The van der Waals surface area contributed by atoms with Crippen LogP contribution in [0.25, 0.3) is 11.4 Å². The molecule has 126 valence electrons. The van der Waals surface area contributed by atoms with Gasteiger partial charge in [0.1, 0.15) is 0 Å². The molecule has 8 heteroatoms. The second-order valence-electron chi connectivity index (χ2n) is 5.48. The average molecular weight is 379 g/mol. The predicted octanol–water partition coefficient (Wildman–Crippen LogP) is 3.73. The molecule has 3 rings (SSSR count). The molecule has 0 unspecified atom stereocenters. The highest BCUT2D eigenvalue weighted by Crippen LogP contribution is 2.37. The van der Waals surface area contributed by atoms with E-state index in [2.05, 4.69) is 15.5 Å². The Labute approximate surface area is 151 Å². The second kappa shape index (κ2) is 7.81. The van der Waals surface area contributed by atoms with Crippen molar-refractivity contribution in [1.82, 2.24) is 15.5 Å². The summed E-state index contributed by atoms with van der Waals surface area (Å²) >= 11 is 12.4. The van der Waals surface area contributed by atoms with Gasteiger partial charge in [0, 0.05) is 7.11 Å². The van der Waals surface area contributed by atoms with E-state index in [0.29, 0.717) is 33.9 Å². The fourth-order valence-electron chi connectivity index (χ4n) is 2.85. The van der Waals surface area contributed by atoms with E-state index in [1.165, 1.54) is 0 Å². The first-order valence-corrected chi connectivity index (χ1v) is 7.90. The van der Waals surface area contributed by atoms with Gasteiger partial charge in [-0.3, -0.25) is 0 Å². The molecule has 0 atom stereocenters. The van der Waals surface area contributed by atoms with Crippen molar-refractivity contribution in [3.05, 3.63) is 34.1 Å². The lowest BCUT2D eigenvalue weighted by atomic mass is 9.79. The summed E-state index contributed by atoms with van der Waals surface area (Å²) in [5.41, 5.74) is 0.348. The zero-order valence-electron chi connectivity index (χ0n) is 12.6. The smallest absolute Gasteiger partial charge is 0.235 e. The van der Waals surface area contributed by atoms with E-state index < -0.39 is 0 Å². The summed E-state index contributed by atoms with van der Waals surface area (Å²) in [6, 6.07) is 5.30. The first-order valence-electron chi connectivity index (χ1n) is 7.14. The van der Waals surface area contributed by atoms with Crippen LogP contribution in [0.1, 0.15) is 18.7 Å². The number of piperidine rings is 1. The van der Waals surface area contributed by atoms with Crippen LogP contribution in [0.5, 0.6) is 0 Å². The number of ether oxygens (including phenoxy) is 1. The maximum atomic E-state index is 6.21. The summed E-state index contributed by atoms with van der Waals surface area (Å²) < 4.78 is 10.9. The lowest BCUT2D eigenvalue weighted by Crippen LogP contribution is -2.43.